The monoisotopic (exact) mass is 359 g/mol. The van der Waals surface area contributed by atoms with Crippen molar-refractivity contribution in [3.63, 3.8) is 0 Å². The van der Waals surface area contributed by atoms with Gasteiger partial charge in [0.15, 0.2) is 0 Å². The molecule has 1 aromatic rings. The number of carbonyl (C=O) groups is 1. The zero-order chi connectivity index (χ0) is 18.6. The molecule has 1 heterocycles. The van der Waals surface area contributed by atoms with Gasteiger partial charge in [0, 0.05) is 26.2 Å². The van der Waals surface area contributed by atoms with E-state index in [4.69, 9.17) is 5.73 Å². The van der Waals surface area contributed by atoms with Gasteiger partial charge in [0.1, 0.15) is 6.04 Å². The summed E-state index contributed by atoms with van der Waals surface area (Å²) in [5.74, 6) is 0.0583. The Morgan fingerprint density at radius 2 is 1.50 bits per heavy atom. The summed E-state index contributed by atoms with van der Waals surface area (Å²) in [6.45, 7) is 6.99. The molecule has 4 nitrogen and oxygen atoms in total. The lowest BCUT2D eigenvalue weighted by atomic mass is 10.1. The van der Waals surface area contributed by atoms with Crippen molar-refractivity contribution >= 4 is 5.91 Å². The average molecular weight is 360 g/mol. The second kappa shape index (κ2) is 12.1. The Hall–Kier alpha value is -1.39. The van der Waals surface area contributed by atoms with E-state index in [1.807, 2.05) is 35.2 Å². The van der Waals surface area contributed by atoms with Crippen molar-refractivity contribution in [1.29, 1.82) is 0 Å². The van der Waals surface area contributed by atoms with Gasteiger partial charge in [0.2, 0.25) is 5.91 Å². The lowest BCUT2D eigenvalue weighted by Gasteiger charge is -2.36. The third-order valence-corrected chi connectivity index (χ3v) is 5.44. The van der Waals surface area contributed by atoms with Crippen LogP contribution in [0, 0.1) is 0 Å². The Kier molecular flexibility index (Phi) is 9.72. The van der Waals surface area contributed by atoms with Gasteiger partial charge in [-0.15, -0.1) is 0 Å². The molecule has 2 N–H and O–H groups in total. The first-order valence-electron chi connectivity index (χ1n) is 10.5. The molecule has 26 heavy (non-hydrogen) atoms. The van der Waals surface area contributed by atoms with E-state index in [0.29, 0.717) is 0 Å². The van der Waals surface area contributed by atoms with Gasteiger partial charge in [-0.3, -0.25) is 9.69 Å². The second-order valence-corrected chi connectivity index (χ2v) is 7.53. The van der Waals surface area contributed by atoms with Crippen molar-refractivity contribution in [3.05, 3.63) is 35.9 Å². The van der Waals surface area contributed by atoms with Crippen LogP contribution in [0.4, 0.5) is 0 Å². The molecule has 0 bridgehead atoms. The summed E-state index contributed by atoms with van der Waals surface area (Å²) in [7, 11) is 0. The molecule has 4 heteroatoms. The minimum atomic E-state index is -0.532. The first-order valence-corrected chi connectivity index (χ1v) is 10.5. The molecule has 1 aliphatic heterocycles. The van der Waals surface area contributed by atoms with Gasteiger partial charge in [-0.2, -0.15) is 0 Å². The van der Waals surface area contributed by atoms with Crippen LogP contribution in [0.5, 0.6) is 0 Å². The fraction of sp³-hybridized carbons (Fsp3) is 0.682. The van der Waals surface area contributed by atoms with Gasteiger partial charge in [-0.05, 0) is 18.5 Å². The van der Waals surface area contributed by atoms with Crippen molar-refractivity contribution in [2.24, 2.45) is 5.73 Å². The topological polar surface area (TPSA) is 49.6 Å². The smallest absolute Gasteiger partial charge is 0.244 e. The number of piperazine rings is 1. The van der Waals surface area contributed by atoms with Crippen LogP contribution in [-0.4, -0.2) is 48.4 Å². The van der Waals surface area contributed by atoms with E-state index in [1.54, 1.807) is 0 Å². The van der Waals surface area contributed by atoms with Gasteiger partial charge in [0.05, 0.1) is 0 Å². The van der Waals surface area contributed by atoms with E-state index < -0.39 is 6.04 Å². The fourth-order valence-electron chi connectivity index (χ4n) is 3.66. The zero-order valence-corrected chi connectivity index (χ0v) is 16.5. The number of hydrogen-bond donors (Lipinski definition) is 1. The number of nitrogens with two attached hydrogens (primary N) is 1. The van der Waals surface area contributed by atoms with E-state index in [1.165, 1.54) is 57.9 Å². The maximum Gasteiger partial charge on any atom is 0.244 e. The molecule has 0 aliphatic carbocycles. The average Bonchev–Trinajstić information content (AvgIpc) is 2.70. The van der Waals surface area contributed by atoms with E-state index in [9.17, 15) is 4.79 Å². The Labute approximate surface area is 159 Å². The molecule has 1 fully saturated rings. The Balaban J connectivity index is 1.58. The van der Waals surface area contributed by atoms with Crippen molar-refractivity contribution < 1.29 is 4.79 Å². The number of rotatable bonds is 11. The summed E-state index contributed by atoms with van der Waals surface area (Å²) >= 11 is 0. The van der Waals surface area contributed by atoms with Crippen LogP contribution in [0.3, 0.4) is 0 Å². The number of carbonyl (C=O) groups excluding carboxylic acids is 1. The van der Waals surface area contributed by atoms with Crippen molar-refractivity contribution in [2.45, 2.75) is 64.3 Å². The van der Waals surface area contributed by atoms with Crippen LogP contribution in [0.2, 0.25) is 0 Å². The molecule has 1 aromatic carbocycles. The SMILES string of the molecule is CCCCCCCCCCN1CCN(C(=O)C(N)c2ccccc2)CC1. The summed E-state index contributed by atoms with van der Waals surface area (Å²) in [4.78, 5) is 17.0. The minimum absolute atomic E-state index is 0.0583. The molecule has 1 aliphatic rings. The van der Waals surface area contributed by atoms with E-state index in [0.717, 1.165) is 31.7 Å². The maximum absolute atomic E-state index is 12.6. The summed E-state index contributed by atoms with van der Waals surface area (Å²) < 4.78 is 0. The van der Waals surface area contributed by atoms with Gasteiger partial charge >= 0.3 is 0 Å². The quantitative estimate of drug-likeness (QED) is 0.608. The minimum Gasteiger partial charge on any atom is -0.338 e. The molecule has 146 valence electrons. The first-order chi connectivity index (χ1) is 12.7. The molecule has 2 rings (SSSR count). The number of unbranched alkanes of at least 4 members (excludes halogenated alkanes) is 7. The second-order valence-electron chi connectivity index (χ2n) is 7.53. The van der Waals surface area contributed by atoms with Crippen molar-refractivity contribution in [2.75, 3.05) is 32.7 Å². The standard InChI is InChI=1S/C22H37N3O/c1-2-3-4-5-6-7-8-12-15-24-16-18-25(19-17-24)22(26)21(23)20-13-10-9-11-14-20/h9-11,13-14,21H,2-8,12,15-19,23H2,1H3. The third kappa shape index (κ3) is 7.08. The lowest BCUT2D eigenvalue weighted by Crippen LogP contribution is -2.51. The molecule has 0 spiro atoms. The molecule has 1 atom stereocenters. The van der Waals surface area contributed by atoms with Crippen LogP contribution in [0.25, 0.3) is 0 Å². The van der Waals surface area contributed by atoms with E-state index in [2.05, 4.69) is 11.8 Å². The molecular weight excluding hydrogens is 322 g/mol. The molecule has 0 saturated carbocycles. The zero-order valence-electron chi connectivity index (χ0n) is 16.5. The van der Waals surface area contributed by atoms with Crippen LogP contribution in [0.1, 0.15) is 69.9 Å². The predicted molar refractivity (Wildman–Crippen MR) is 109 cm³/mol. The van der Waals surface area contributed by atoms with E-state index in [-0.39, 0.29) is 5.91 Å². The highest BCUT2D eigenvalue weighted by atomic mass is 16.2. The summed E-state index contributed by atoms with van der Waals surface area (Å²) in [6, 6.07) is 9.15. The summed E-state index contributed by atoms with van der Waals surface area (Å²) in [6.07, 6.45) is 10.9. The van der Waals surface area contributed by atoms with Crippen LogP contribution >= 0.6 is 0 Å². The first kappa shape index (κ1) is 20.9. The molecule has 0 radical (unpaired) electrons. The molecule has 1 amide bonds. The van der Waals surface area contributed by atoms with Crippen molar-refractivity contribution in [1.82, 2.24) is 9.80 Å². The fourth-order valence-corrected chi connectivity index (χ4v) is 3.66. The molecule has 1 unspecified atom stereocenters. The summed E-state index contributed by atoms with van der Waals surface area (Å²) in [5, 5.41) is 0. The number of nitrogens with zero attached hydrogens (tertiary/aromatic N) is 2. The van der Waals surface area contributed by atoms with Gasteiger partial charge in [-0.1, -0.05) is 82.2 Å². The Morgan fingerprint density at radius 3 is 2.12 bits per heavy atom. The van der Waals surface area contributed by atoms with Crippen LogP contribution in [0.15, 0.2) is 30.3 Å². The largest absolute Gasteiger partial charge is 0.338 e. The van der Waals surface area contributed by atoms with Crippen LogP contribution < -0.4 is 5.73 Å². The highest BCUT2D eigenvalue weighted by molar-refractivity contribution is 5.83. The molecular formula is C22H37N3O. The Bertz CT molecular complexity index is 497. The number of hydrogen-bond acceptors (Lipinski definition) is 3. The van der Waals surface area contributed by atoms with E-state index >= 15 is 0 Å². The normalized spacial score (nSPS) is 16.6. The third-order valence-electron chi connectivity index (χ3n) is 5.44. The number of benzene rings is 1. The highest BCUT2D eigenvalue weighted by Crippen LogP contribution is 2.15. The van der Waals surface area contributed by atoms with Crippen LogP contribution in [-0.2, 0) is 4.79 Å². The van der Waals surface area contributed by atoms with Crippen molar-refractivity contribution in [3.8, 4) is 0 Å². The van der Waals surface area contributed by atoms with Gasteiger partial charge < -0.3 is 10.6 Å². The predicted octanol–water partition coefficient (Wildman–Crippen LogP) is 3.97. The number of amides is 1. The Morgan fingerprint density at radius 1 is 0.923 bits per heavy atom. The van der Waals surface area contributed by atoms with Gasteiger partial charge in [0.25, 0.3) is 0 Å². The highest BCUT2D eigenvalue weighted by Gasteiger charge is 2.25. The lowest BCUT2D eigenvalue weighted by molar-refractivity contribution is -0.134. The summed E-state index contributed by atoms with van der Waals surface area (Å²) in [5.41, 5.74) is 7.06. The van der Waals surface area contributed by atoms with Gasteiger partial charge in [-0.25, -0.2) is 0 Å². The molecule has 1 saturated heterocycles. The molecule has 0 aromatic heterocycles. The maximum atomic E-state index is 12.6.